The molecule has 1 amide bonds. The fourth-order valence-electron chi connectivity index (χ4n) is 8.75. The lowest BCUT2D eigenvalue weighted by atomic mass is 9.97. The molecule has 4 heterocycles. The molecule has 0 unspecified atom stereocenters. The zero-order chi connectivity index (χ0) is 50.9. The molecule has 3 fully saturated rings. The van der Waals surface area contributed by atoms with Crippen molar-refractivity contribution in [3.8, 4) is 0 Å². The molecular formula is C46H71N5O18. The van der Waals surface area contributed by atoms with E-state index in [4.69, 9.17) is 29.4 Å². The van der Waals surface area contributed by atoms with Gasteiger partial charge in [-0.15, -0.1) is 0 Å². The second-order valence-corrected chi connectivity index (χ2v) is 18.0. The Labute approximate surface area is 399 Å². The van der Waals surface area contributed by atoms with Gasteiger partial charge in [0.1, 0.15) is 61.0 Å². The first kappa shape index (κ1) is 56.7. The van der Waals surface area contributed by atoms with E-state index < -0.39 is 139 Å². The lowest BCUT2D eigenvalue weighted by Crippen LogP contribution is -2.59. The van der Waals surface area contributed by atoms with Crippen molar-refractivity contribution in [2.75, 3.05) is 27.2 Å². The average molecular weight is 982 g/mol. The van der Waals surface area contributed by atoms with Crippen molar-refractivity contribution < 1.29 is 78.3 Å². The van der Waals surface area contributed by atoms with E-state index in [0.717, 1.165) is 60.9 Å². The van der Waals surface area contributed by atoms with Gasteiger partial charge in [0.15, 0.2) is 18.6 Å². The van der Waals surface area contributed by atoms with E-state index >= 15 is 0 Å². The molecule has 3 aliphatic heterocycles. The van der Waals surface area contributed by atoms with E-state index in [1.165, 1.54) is 31.2 Å². The number of hydrogen-bond donors (Lipinski definition) is 8. The molecule has 0 saturated carbocycles. The number of rotatable bonds is 27. The van der Waals surface area contributed by atoms with E-state index in [1.807, 2.05) is 4.98 Å². The molecule has 1 aromatic heterocycles. The normalized spacial score (nSPS) is 29.0. The number of amides is 1. The minimum atomic E-state index is -1.96. The lowest BCUT2D eigenvalue weighted by Gasteiger charge is -2.38. The number of likely N-dealkylation sites (N-methyl/N-ethyl adjacent to an activating group) is 2. The monoisotopic (exact) mass is 981 g/mol. The molecule has 14 atom stereocenters. The molecule has 388 valence electrons. The fourth-order valence-corrected chi connectivity index (χ4v) is 8.75. The number of carboxylic acid groups (broad SMARTS) is 2. The van der Waals surface area contributed by atoms with Gasteiger partial charge in [-0.05, 0) is 57.9 Å². The maximum Gasteiger partial charge on any atom is 0.330 e. The summed E-state index contributed by atoms with van der Waals surface area (Å²) in [6.07, 6.45) is -1.03. The number of carbonyl (C=O) groups excluding carboxylic acids is 3. The summed E-state index contributed by atoms with van der Waals surface area (Å²) in [5, 5.41) is 63.9. The summed E-state index contributed by atoms with van der Waals surface area (Å²) in [5.41, 5.74) is 3.91. The smallest absolute Gasteiger partial charge is 0.330 e. The number of aliphatic hydroxyl groups is 4. The highest BCUT2D eigenvalue weighted by atomic mass is 16.7. The minimum absolute atomic E-state index is 0.224. The highest BCUT2D eigenvalue weighted by molar-refractivity contribution is 5.88. The minimum Gasteiger partial charge on any atom is -0.481 e. The SMILES string of the molecule is CCCCC/C=C\C/C=C\CCCCC[C@@H](CC(=O)O[C@H]1CN(C)[C@H]([C@H](O[C@@H]2O[C@H](CN)[C@@H](O)[C@H]2O)[C@H]2O[C@@H](n3ccc(=O)[nH]c3=O)[C@H](O)[C@@H]2O)C(=O)N(C)[C@@H]1C(=O)O)OC(=O)C[C@H](C)CC(=O)O. The van der Waals surface area contributed by atoms with Crippen molar-refractivity contribution in [2.24, 2.45) is 11.7 Å². The fraction of sp³-hybridized carbons (Fsp3) is 0.717. The third-order valence-electron chi connectivity index (χ3n) is 12.4. The number of H-pyrrole nitrogens is 1. The van der Waals surface area contributed by atoms with E-state index in [-0.39, 0.29) is 25.8 Å². The van der Waals surface area contributed by atoms with Crippen molar-refractivity contribution in [3.63, 3.8) is 0 Å². The summed E-state index contributed by atoms with van der Waals surface area (Å²) in [4.78, 5) is 94.2. The molecule has 23 nitrogen and oxygen atoms in total. The second-order valence-electron chi connectivity index (χ2n) is 18.0. The van der Waals surface area contributed by atoms with Gasteiger partial charge in [-0.1, -0.05) is 57.4 Å². The molecule has 0 aromatic carbocycles. The Kier molecular flexibility index (Phi) is 22.6. The number of unbranched alkanes of at least 4 members (excludes halogenated alkanes) is 6. The number of ether oxygens (including phenoxy) is 5. The van der Waals surface area contributed by atoms with Gasteiger partial charge in [-0.25, -0.2) is 9.59 Å². The molecule has 4 rings (SSSR count). The zero-order valence-corrected chi connectivity index (χ0v) is 39.7. The first-order valence-corrected chi connectivity index (χ1v) is 23.6. The van der Waals surface area contributed by atoms with Crippen LogP contribution >= 0.6 is 0 Å². The van der Waals surface area contributed by atoms with Crippen LogP contribution in [0.1, 0.15) is 104 Å². The van der Waals surface area contributed by atoms with Gasteiger partial charge in [0.2, 0.25) is 5.91 Å². The quantitative estimate of drug-likeness (QED) is 0.0325. The number of carboxylic acids is 2. The van der Waals surface area contributed by atoms with Crippen LogP contribution in [0.4, 0.5) is 0 Å². The number of allylic oxidation sites excluding steroid dienone is 4. The van der Waals surface area contributed by atoms with Gasteiger partial charge in [0.25, 0.3) is 5.56 Å². The summed E-state index contributed by atoms with van der Waals surface area (Å²) < 4.78 is 30.0. The van der Waals surface area contributed by atoms with E-state index in [0.29, 0.717) is 6.42 Å². The largest absolute Gasteiger partial charge is 0.481 e. The van der Waals surface area contributed by atoms with Gasteiger partial charge >= 0.3 is 29.6 Å². The number of aliphatic hydroxyl groups excluding tert-OH is 4. The molecule has 9 N–H and O–H groups in total. The Morgan fingerprint density at radius 1 is 0.870 bits per heavy atom. The summed E-state index contributed by atoms with van der Waals surface area (Å²) in [7, 11) is 2.46. The molecule has 3 saturated heterocycles. The van der Waals surface area contributed by atoms with Crippen LogP contribution in [0, 0.1) is 5.92 Å². The van der Waals surface area contributed by atoms with Crippen molar-refractivity contribution >= 4 is 29.8 Å². The van der Waals surface area contributed by atoms with Gasteiger partial charge in [0.05, 0.1) is 6.42 Å². The van der Waals surface area contributed by atoms with Gasteiger partial charge < -0.3 is 65.0 Å². The molecular weight excluding hydrogens is 911 g/mol. The molecule has 3 aliphatic rings. The topological polar surface area (TPSA) is 340 Å². The lowest BCUT2D eigenvalue weighted by molar-refractivity contribution is -0.233. The van der Waals surface area contributed by atoms with Crippen LogP contribution in [0.15, 0.2) is 46.2 Å². The van der Waals surface area contributed by atoms with Crippen molar-refractivity contribution in [3.05, 3.63) is 57.4 Å². The Morgan fingerprint density at radius 3 is 2.16 bits per heavy atom. The Balaban J connectivity index is 1.55. The van der Waals surface area contributed by atoms with Crippen LogP contribution < -0.4 is 17.0 Å². The number of nitrogens with zero attached hydrogens (tertiary/aromatic N) is 3. The molecule has 1 aromatic rings. The molecule has 69 heavy (non-hydrogen) atoms. The number of aliphatic carboxylic acids is 2. The third-order valence-corrected chi connectivity index (χ3v) is 12.4. The zero-order valence-electron chi connectivity index (χ0n) is 39.7. The van der Waals surface area contributed by atoms with Crippen LogP contribution in [-0.4, -0.2) is 180 Å². The van der Waals surface area contributed by atoms with Crippen molar-refractivity contribution in [1.82, 2.24) is 19.4 Å². The molecule has 0 radical (unpaired) electrons. The number of nitrogens with two attached hydrogens (primary N) is 1. The van der Waals surface area contributed by atoms with Gasteiger partial charge in [-0.2, -0.15) is 0 Å². The Bertz CT molecular complexity index is 2030. The average Bonchev–Trinajstić information content (AvgIpc) is 3.68. The maximum absolute atomic E-state index is 14.6. The highest BCUT2D eigenvalue weighted by Crippen LogP contribution is 2.36. The number of aromatic amines is 1. The van der Waals surface area contributed by atoms with Crippen LogP contribution in [0.2, 0.25) is 0 Å². The molecule has 0 spiro atoms. The van der Waals surface area contributed by atoms with E-state index in [1.54, 1.807) is 6.92 Å². The summed E-state index contributed by atoms with van der Waals surface area (Å²) in [6.45, 7) is 2.95. The van der Waals surface area contributed by atoms with E-state index in [9.17, 15) is 64.2 Å². The number of aromatic nitrogens is 2. The Morgan fingerprint density at radius 2 is 1.55 bits per heavy atom. The summed E-state index contributed by atoms with van der Waals surface area (Å²) in [6, 6.07) is -2.58. The van der Waals surface area contributed by atoms with E-state index in [2.05, 4.69) is 31.2 Å². The van der Waals surface area contributed by atoms with Crippen molar-refractivity contribution in [1.29, 1.82) is 0 Å². The molecule has 23 heteroatoms. The van der Waals surface area contributed by atoms with Crippen LogP contribution in [0.5, 0.6) is 0 Å². The first-order valence-electron chi connectivity index (χ1n) is 23.6. The van der Waals surface area contributed by atoms with Gasteiger partial charge in [-0.3, -0.25) is 38.4 Å². The van der Waals surface area contributed by atoms with Gasteiger partial charge in [0, 0.05) is 45.2 Å². The predicted molar refractivity (Wildman–Crippen MR) is 243 cm³/mol. The summed E-state index contributed by atoms with van der Waals surface area (Å²) >= 11 is 0. The maximum atomic E-state index is 14.6. The third kappa shape index (κ3) is 16.1. The highest BCUT2D eigenvalue weighted by Gasteiger charge is 2.57. The number of nitrogens with one attached hydrogen (secondary N) is 1. The van der Waals surface area contributed by atoms with Crippen LogP contribution in [0.3, 0.4) is 0 Å². The number of hydrogen-bond acceptors (Lipinski definition) is 18. The number of carbonyl (C=O) groups is 5. The standard InChI is InChI=1S/C46H71N5O18/c1-5-6-7-8-9-10-11-12-13-14-15-16-17-18-27(65-32(55)22-26(2)21-31(53)54)23-33(56)66-29-25-49(3)35(42(61)50(4)34(29)44(62)63)40(69-45-39(60)36(57)28(24-47)67-45)41-37(58)38(59)43(68-41)51-20-19-30(52)48-46(51)64/h9-10,12-13,19-20,26-29,34-41,43,45,57-60H,5-8,11,14-18,21-25,47H2,1-4H3,(H,53,54)(H,62,63)(H,48,52,64)/b10-9-,13-12-/t26-,27+,28-,29+,34+,35-,36-,37+,38-,39-,40+,41+,43-,45+/m1/s1. The van der Waals surface area contributed by atoms with Crippen LogP contribution in [-0.2, 0) is 47.7 Å². The van der Waals surface area contributed by atoms with Crippen molar-refractivity contribution in [2.45, 2.75) is 177 Å². The second kappa shape index (κ2) is 27.5. The molecule has 0 bridgehead atoms. The molecule has 0 aliphatic carbocycles. The number of esters is 2. The van der Waals surface area contributed by atoms with Crippen LogP contribution in [0.25, 0.3) is 0 Å². The predicted octanol–water partition coefficient (Wildman–Crippen LogP) is -0.0801. The first-order chi connectivity index (χ1) is 32.8. The Hall–Kier alpha value is -4.85. The summed E-state index contributed by atoms with van der Waals surface area (Å²) in [5.74, 6) is -5.97.